The zero-order valence-corrected chi connectivity index (χ0v) is 15.5. The van der Waals surface area contributed by atoms with E-state index in [1.807, 2.05) is 26.8 Å². The molecule has 1 aromatic carbocycles. The number of carbonyl (C=O) groups excluding carboxylic acids is 1. The summed E-state index contributed by atoms with van der Waals surface area (Å²) in [6.07, 6.45) is -0.0511. The fourth-order valence-corrected chi connectivity index (χ4v) is 3.57. The van der Waals surface area contributed by atoms with Crippen molar-refractivity contribution in [1.82, 2.24) is 10.2 Å². The van der Waals surface area contributed by atoms with Crippen LogP contribution in [-0.4, -0.2) is 28.0 Å². The molecule has 0 aliphatic carbocycles. The predicted octanol–water partition coefficient (Wildman–Crippen LogP) is 4.41. The number of amides is 1. The van der Waals surface area contributed by atoms with Gasteiger partial charge in [0, 0.05) is 5.02 Å². The van der Waals surface area contributed by atoms with Gasteiger partial charge in [0.15, 0.2) is 10.4 Å². The lowest BCUT2D eigenvalue weighted by Gasteiger charge is -2.16. The first-order chi connectivity index (χ1) is 11.0. The van der Waals surface area contributed by atoms with E-state index in [4.69, 9.17) is 16.3 Å². The molecule has 23 heavy (non-hydrogen) atoms. The highest BCUT2D eigenvalue weighted by molar-refractivity contribution is 8.01. The first-order valence-electron chi connectivity index (χ1n) is 7.23. The molecule has 1 atom stereocenters. The molecule has 124 valence electrons. The number of hydrogen-bond acceptors (Lipinski definition) is 6. The van der Waals surface area contributed by atoms with E-state index in [2.05, 4.69) is 15.5 Å². The third-order valence-corrected chi connectivity index (χ3v) is 5.25. The number of nitrogens with one attached hydrogen (secondary N) is 1. The van der Waals surface area contributed by atoms with Gasteiger partial charge in [0.1, 0.15) is 5.75 Å². The number of hydrogen-bond donors (Lipinski definition) is 1. The van der Waals surface area contributed by atoms with Crippen LogP contribution in [0, 0.1) is 6.92 Å². The Kier molecular flexibility index (Phi) is 6.68. The molecule has 1 unspecified atom stereocenters. The zero-order valence-electron chi connectivity index (χ0n) is 13.1. The van der Waals surface area contributed by atoms with E-state index in [0.29, 0.717) is 22.3 Å². The lowest BCUT2D eigenvalue weighted by molar-refractivity contribution is -0.122. The summed E-state index contributed by atoms with van der Waals surface area (Å²) in [5.41, 5.74) is 0.907. The zero-order chi connectivity index (χ0) is 16.8. The van der Waals surface area contributed by atoms with Crippen LogP contribution < -0.4 is 10.1 Å². The van der Waals surface area contributed by atoms with Crippen LogP contribution in [0.2, 0.25) is 5.02 Å². The second-order valence-corrected chi connectivity index (χ2v) is 7.62. The number of benzene rings is 1. The molecule has 0 saturated carbocycles. The van der Waals surface area contributed by atoms with Crippen molar-refractivity contribution < 1.29 is 9.53 Å². The van der Waals surface area contributed by atoms with Gasteiger partial charge in [0.05, 0.1) is 0 Å². The lowest BCUT2D eigenvalue weighted by Crippen LogP contribution is -2.32. The highest BCUT2D eigenvalue weighted by Gasteiger charge is 2.20. The average Bonchev–Trinajstić information content (AvgIpc) is 2.95. The first-order valence-corrected chi connectivity index (χ1v) is 9.41. The summed E-state index contributed by atoms with van der Waals surface area (Å²) in [6, 6.07) is 5.33. The van der Waals surface area contributed by atoms with E-state index < -0.39 is 6.10 Å². The topological polar surface area (TPSA) is 64.1 Å². The van der Waals surface area contributed by atoms with Crippen LogP contribution in [0.3, 0.4) is 0 Å². The highest BCUT2D eigenvalue weighted by Crippen LogP contribution is 2.26. The van der Waals surface area contributed by atoms with Gasteiger partial charge in [-0.3, -0.25) is 10.1 Å². The molecule has 2 rings (SSSR count). The minimum Gasteiger partial charge on any atom is -0.481 e. The van der Waals surface area contributed by atoms with Crippen LogP contribution >= 0.6 is 34.7 Å². The van der Waals surface area contributed by atoms with Crippen LogP contribution in [-0.2, 0) is 4.79 Å². The van der Waals surface area contributed by atoms with Gasteiger partial charge in [-0.2, -0.15) is 0 Å². The van der Waals surface area contributed by atoms with Crippen molar-refractivity contribution in [3.05, 3.63) is 28.8 Å². The molecule has 8 heteroatoms. The summed E-state index contributed by atoms with van der Waals surface area (Å²) in [4.78, 5) is 12.3. The molecular formula is C15H18ClN3O2S2. The maximum absolute atomic E-state index is 12.3. The van der Waals surface area contributed by atoms with Gasteiger partial charge < -0.3 is 4.74 Å². The van der Waals surface area contributed by atoms with Gasteiger partial charge >= 0.3 is 0 Å². The second-order valence-electron chi connectivity index (χ2n) is 4.72. The van der Waals surface area contributed by atoms with E-state index in [9.17, 15) is 4.79 Å². The number of anilines is 1. The maximum atomic E-state index is 12.3. The summed E-state index contributed by atoms with van der Waals surface area (Å²) >= 11 is 8.95. The molecule has 0 bridgehead atoms. The predicted molar refractivity (Wildman–Crippen MR) is 95.8 cm³/mol. The Balaban J connectivity index is 2.01. The summed E-state index contributed by atoms with van der Waals surface area (Å²) in [5, 5.41) is 11.9. The summed E-state index contributed by atoms with van der Waals surface area (Å²) < 4.78 is 6.61. The summed E-state index contributed by atoms with van der Waals surface area (Å²) in [7, 11) is 0. The summed E-state index contributed by atoms with van der Waals surface area (Å²) in [5.74, 6) is 1.30. The molecule has 5 nitrogen and oxygen atoms in total. The van der Waals surface area contributed by atoms with Crippen LogP contribution in [0.25, 0.3) is 0 Å². The Hall–Kier alpha value is -1.31. The molecule has 0 saturated heterocycles. The van der Waals surface area contributed by atoms with Crippen molar-refractivity contribution in [3.63, 3.8) is 0 Å². The van der Waals surface area contributed by atoms with E-state index >= 15 is 0 Å². The van der Waals surface area contributed by atoms with E-state index in [-0.39, 0.29) is 5.91 Å². The maximum Gasteiger partial charge on any atom is 0.267 e. The fourth-order valence-electron chi connectivity index (χ4n) is 1.80. The van der Waals surface area contributed by atoms with Crippen molar-refractivity contribution >= 4 is 45.7 Å². The molecule has 0 fully saturated rings. The molecule has 2 aromatic rings. The van der Waals surface area contributed by atoms with E-state index in [1.54, 1.807) is 23.9 Å². The standard InChI is InChI=1S/C15H18ClN3O2S2/c1-4-12(21-10-6-7-11(16)9(3)8-10)13(20)17-14-18-19-15(23-14)22-5-2/h6-8,12H,4-5H2,1-3H3,(H,17,18,20). The number of carbonyl (C=O) groups is 1. The van der Waals surface area contributed by atoms with Gasteiger partial charge in [-0.05, 0) is 42.9 Å². The van der Waals surface area contributed by atoms with Crippen molar-refractivity contribution in [2.75, 3.05) is 11.1 Å². The number of aryl methyl sites for hydroxylation is 1. The number of aromatic nitrogens is 2. The van der Waals surface area contributed by atoms with Gasteiger partial charge in [-0.25, -0.2) is 0 Å². The number of rotatable bonds is 7. The second kappa shape index (κ2) is 8.52. The van der Waals surface area contributed by atoms with Crippen molar-refractivity contribution in [1.29, 1.82) is 0 Å². The van der Waals surface area contributed by atoms with Crippen LogP contribution in [0.15, 0.2) is 22.5 Å². The van der Waals surface area contributed by atoms with Gasteiger partial charge in [0.2, 0.25) is 5.13 Å². The molecule has 0 radical (unpaired) electrons. The molecule has 0 spiro atoms. The third kappa shape index (κ3) is 5.09. The fraction of sp³-hybridized carbons (Fsp3) is 0.400. The van der Waals surface area contributed by atoms with Crippen molar-refractivity contribution in [2.45, 2.75) is 37.6 Å². The molecule has 1 amide bonds. The van der Waals surface area contributed by atoms with Gasteiger partial charge in [0.25, 0.3) is 5.91 Å². The molecule has 1 aromatic heterocycles. The molecule has 1 heterocycles. The Morgan fingerprint density at radius 3 is 2.87 bits per heavy atom. The summed E-state index contributed by atoms with van der Waals surface area (Å²) in [6.45, 7) is 5.83. The van der Waals surface area contributed by atoms with Gasteiger partial charge in [-0.15, -0.1) is 10.2 Å². The number of halogens is 1. The SMILES string of the molecule is CCSc1nnc(NC(=O)C(CC)Oc2ccc(Cl)c(C)c2)s1. The minimum absolute atomic E-state index is 0.232. The lowest BCUT2D eigenvalue weighted by atomic mass is 10.2. The Labute approximate surface area is 148 Å². The average molecular weight is 372 g/mol. The monoisotopic (exact) mass is 371 g/mol. The molecule has 0 aliphatic heterocycles. The van der Waals surface area contributed by atoms with Crippen LogP contribution in [0.5, 0.6) is 5.75 Å². The number of ether oxygens (including phenoxy) is 1. The minimum atomic E-state index is -0.596. The van der Waals surface area contributed by atoms with E-state index in [1.165, 1.54) is 11.3 Å². The number of nitrogens with zero attached hydrogens (tertiary/aromatic N) is 2. The molecule has 1 N–H and O–H groups in total. The molecular weight excluding hydrogens is 354 g/mol. The first kappa shape index (κ1) is 18.0. The Morgan fingerprint density at radius 2 is 2.22 bits per heavy atom. The quantitative estimate of drug-likeness (QED) is 0.577. The van der Waals surface area contributed by atoms with Gasteiger partial charge in [-0.1, -0.05) is 48.5 Å². The Morgan fingerprint density at radius 1 is 1.43 bits per heavy atom. The van der Waals surface area contributed by atoms with Crippen LogP contribution in [0.4, 0.5) is 5.13 Å². The Bertz CT molecular complexity index is 678. The van der Waals surface area contributed by atoms with E-state index in [0.717, 1.165) is 15.7 Å². The largest absolute Gasteiger partial charge is 0.481 e. The number of thioether (sulfide) groups is 1. The molecule has 0 aliphatic rings. The van der Waals surface area contributed by atoms with Crippen molar-refractivity contribution in [2.24, 2.45) is 0 Å². The highest BCUT2D eigenvalue weighted by atomic mass is 35.5. The third-order valence-electron chi connectivity index (χ3n) is 2.98. The smallest absolute Gasteiger partial charge is 0.267 e. The van der Waals surface area contributed by atoms with Crippen molar-refractivity contribution in [3.8, 4) is 5.75 Å². The van der Waals surface area contributed by atoms with Crippen LogP contribution in [0.1, 0.15) is 25.8 Å². The normalized spacial score (nSPS) is 12.0.